The van der Waals surface area contributed by atoms with Gasteiger partial charge in [0.15, 0.2) is 0 Å². The Labute approximate surface area is 155 Å². The van der Waals surface area contributed by atoms with Gasteiger partial charge in [-0.1, -0.05) is 18.2 Å². The number of nitrogens with zero attached hydrogens (tertiary/aromatic N) is 4. The first-order valence-corrected chi connectivity index (χ1v) is 9.09. The zero-order chi connectivity index (χ0) is 19.0. The van der Waals surface area contributed by atoms with E-state index in [1.807, 2.05) is 6.92 Å². The minimum Gasteiger partial charge on any atom is -0.373 e. The van der Waals surface area contributed by atoms with Gasteiger partial charge in [0.05, 0.1) is 18.4 Å². The van der Waals surface area contributed by atoms with Gasteiger partial charge in [0.25, 0.3) is 11.3 Å². The van der Waals surface area contributed by atoms with Crippen molar-refractivity contribution in [2.45, 2.75) is 39.4 Å². The molecule has 0 saturated carbocycles. The van der Waals surface area contributed by atoms with Gasteiger partial charge in [-0.05, 0) is 32.8 Å². The second-order valence-electron chi connectivity index (χ2n) is 6.88. The summed E-state index contributed by atoms with van der Waals surface area (Å²) < 4.78 is 21.0. The molecule has 0 spiro atoms. The smallest absolute Gasteiger partial charge is 0.297 e. The van der Waals surface area contributed by atoms with E-state index in [0.29, 0.717) is 41.6 Å². The van der Waals surface area contributed by atoms with Crippen LogP contribution >= 0.6 is 0 Å². The van der Waals surface area contributed by atoms with Crippen LogP contribution in [0.15, 0.2) is 29.1 Å². The van der Waals surface area contributed by atoms with E-state index in [1.54, 1.807) is 25.1 Å². The van der Waals surface area contributed by atoms with Crippen LogP contribution in [0.3, 0.4) is 0 Å². The lowest BCUT2D eigenvalue weighted by Gasteiger charge is -2.33. The van der Waals surface area contributed by atoms with Crippen molar-refractivity contribution in [3.63, 3.8) is 0 Å². The third kappa shape index (κ3) is 3.44. The molecule has 1 aliphatic heterocycles. The summed E-state index contributed by atoms with van der Waals surface area (Å²) in [5, 5.41) is 2.93. The van der Waals surface area contributed by atoms with Crippen LogP contribution in [0, 0.1) is 19.7 Å². The van der Waals surface area contributed by atoms with Crippen molar-refractivity contribution in [3.05, 3.63) is 57.5 Å². The molecule has 1 saturated heterocycles. The molecule has 1 fully saturated rings. The molecular formula is C19H22FN5O2. The van der Waals surface area contributed by atoms with Crippen molar-refractivity contribution in [1.29, 1.82) is 0 Å². The van der Waals surface area contributed by atoms with Gasteiger partial charge in [0, 0.05) is 18.7 Å². The van der Waals surface area contributed by atoms with Gasteiger partial charge in [-0.2, -0.15) is 9.50 Å². The van der Waals surface area contributed by atoms with Gasteiger partial charge in [0.1, 0.15) is 17.3 Å². The number of anilines is 1. The van der Waals surface area contributed by atoms with E-state index in [9.17, 15) is 9.18 Å². The summed E-state index contributed by atoms with van der Waals surface area (Å²) in [6.07, 6.45) is 1.60. The SMILES string of the molecule is Cc1nc2nc(C)c(N3CCC(OCc4ccccc4F)CC3)c(=O)n2[nH]1. The van der Waals surface area contributed by atoms with Crippen molar-refractivity contribution in [2.75, 3.05) is 18.0 Å². The van der Waals surface area contributed by atoms with Crippen LogP contribution in [0.4, 0.5) is 10.1 Å². The highest BCUT2D eigenvalue weighted by Crippen LogP contribution is 2.22. The fraction of sp³-hybridized carbons (Fsp3) is 0.421. The van der Waals surface area contributed by atoms with Gasteiger partial charge in [-0.3, -0.25) is 9.89 Å². The average molecular weight is 371 g/mol. The van der Waals surface area contributed by atoms with Gasteiger partial charge >= 0.3 is 0 Å². The first-order chi connectivity index (χ1) is 13.0. The van der Waals surface area contributed by atoms with Crippen LogP contribution in [-0.2, 0) is 11.3 Å². The highest BCUT2D eigenvalue weighted by molar-refractivity contribution is 5.52. The van der Waals surface area contributed by atoms with Gasteiger partial charge in [-0.15, -0.1) is 0 Å². The minimum absolute atomic E-state index is 0.0509. The van der Waals surface area contributed by atoms with E-state index < -0.39 is 0 Å². The fourth-order valence-electron chi connectivity index (χ4n) is 3.55. The van der Waals surface area contributed by atoms with Crippen molar-refractivity contribution in [3.8, 4) is 0 Å². The normalized spacial score (nSPS) is 15.6. The Morgan fingerprint density at radius 1 is 1.22 bits per heavy atom. The number of benzene rings is 1. The lowest BCUT2D eigenvalue weighted by atomic mass is 10.1. The number of aromatic nitrogens is 4. The lowest BCUT2D eigenvalue weighted by molar-refractivity contribution is 0.0237. The second kappa shape index (κ2) is 7.11. The topological polar surface area (TPSA) is 75.5 Å². The zero-order valence-corrected chi connectivity index (χ0v) is 15.4. The maximum atomic E-state index is 13.7. The van der Waals surface area contributed by atoms with Crippen molar-refractivity contribution in [1.82, 2.24) is 19.6 Å². The lowest BCUT2D eigenvalue weighted by Crippen LogP contribution is -2.41. The maximum Gasteiger partial charge on any atom is 0.297 e. The number of nitrogens with one attached hydrogen (secondary N) is 1. The number of ether oxygens (including phenoxy) is 1. The Kier molecular flexibility index (Phi) is 4.65. The number of rotatable bonds is 4. The highest BCUT2D eigenvalue weighted by atomic mass is 19.1. The second-order valence-corrected chi connectivity index (χ2v) is 6.88. The number of halogens is 1. The fourth-order valence-corrected chi connectivity index (χ4v) is 3.55. The average Bonchev–Trinajstić information content (AvgIpc) is 3.02. The molecule has 0 aliphatic carbocycles. The highest BCUT2D eigenvalue weighted by Gasteiger charge is 2.25. The van der Waals surface area contributed by atoms with E-state index in [0.717, 1.165) is 12.8 Å². The monoisotopic (exact) mass is 371 g/mol. The van der Waals surface area contributed by atoms with Crippen molar-refractivity contribution in [2.24, 2.45) is 0 Å². The van der Waals surface area contributed by atoms with E-state index in [1.165, 1.54) is 10.6 Å². The molecule has 3 heterocycles. The molecule has 1 aliphatic rings. The summed E-state index contributed by atoms with van der Waals surface area (Å²) in [6.45, 7) is 5.28. The molecule has 4 rings (SSSR count). The predicted molar refractivity (Wildman–Crippen MR) is 99.5 cm³/mol. The van der Waals surface area contributed by atoms with E-state index >= 15 is 0 Å². The Hall–Kier alpha value is -2.74. The van der Waals surface area contributed by atoms with E-state index in [4.69, 9.17) is 4.74 Å². The summed E-state index contributed by atoms with van der Waals surface area (Å²) in [5.74, 6) is 0.797. The number of fused-ring (bicyclic) bond motifs is 1. The van der Waals surface area contributed by atoms with Gasteiger partial charge < -0.3 is 9.64 Å². The maximum absolute atomic E-state index is 13.7. The van der Waals surface area contributed by atoms with Gasteiger partial charge in [-0.25, -0.2) is 9.37 Å². The molecule has 0 radical (unpaired) electrons. The first-order valence-electron chi connectivity index (χ1n) is 9.09. The van der Waals surface area contributed by atoms with Crippen LogP contribution in [0.2, 0.25) is 0 Å². The zero-order valence-electron chi connectivity index (χ0n) is 15.4. The molecule has 8 heteroatoms. The van der Waals surface area contributed by atoms with Crippen molar-refractivity contribution >= 4 is 11.5 Å². The summed E-state index contributed by atoms with van der Waals surface area (Å²) in [5.41, 5.74) is 1.71. The number of aromatic amines is 1. The molecule has 3 aromatic rings. The van der Waals surface area contributed by atoms with Crippen LogP contribution in [-0.4, -0.2) is 38.8 Å². The van der Waals surface area contributed by atoms with Gasteiger partial charge in [0.2, 0.25) is 0 Å². The van der Waals surface area contributed by atoms with Crippen LogP contribution in [0.25, 0.3) is 5.78 Å². The standard InChI is InChI=1S/C19H22FN5O2/c1-12-17(18(26)25-19(21-12)22-13(2)23-25)24-9-7-15(8-10-24)27-11-14-5-3-4-6-16(14)20/h3-6,15H,7-11H2,1-2H3,(H,21,22,23). The molecule has 0 unspecified atom stereocenters. The summed E-state index contributed by atoms with van der Waals surface area (Å²) in [7, 11) is 0. The third-order valence-corrected chi connectivity index (χ3v) is 4.95. The van der Waals surface area contributed by atoms with Crippen LogP contribution in [0.5, 0.6) is 0 Å². The summed E-state index contributed by atoms with van der Waals surface area (Å²) in [4.78, 5) is 23.5. The van der Waals surface area contributed by atoms with Crippen molar-refractivity contribution < 1.29 is 9.13 Å². The molecule has 1 N–H and O–H groups in total. The number of aryl methyl sites for hydroxylation is 2. The third-order valence-electron chi connectivity index (χ3n) is 4.95. The Bertz CT molecular complexity index is 1020. The quantitative estimate of drug-likeness (QED) is 0.762. The van der Waals surface area contributed by atoms with Crippen LogP contribution < -0.4 is 10.5 Å². The van der Waals surface area contributed by atoms with E-state index in [-0.39, 0.29) is 24.1 Å². The van der Waals surface area contributed by atoms with E-state index in [2.05, 4.69) is 20.0 Å². The number of H-pyrrole nitrogens is 1. The molecular weight excluding hydrogens is 349 g/mol. The summed E-state index contributed by atoms with van der Waals surface area (Å²) in [6, 6.07) is 6.66. The Morgan fingerprint density at radius 3 is 2.70 bits per heavy atom. The molecule has 0 amide bonds. The first kappa shape index (κ1) is 17.7. The molecule has 7 nitrogen and oxygen atoms in total. The molecule has 27 heavy (non-hydrogen) atoms. The number of hydrogen-bond donors (Lipinski definition) is 1. The Morgan fingerprint density at radius 2 is 1.96 bits per heavy atom. The molecule has 2 aromatic heterocycles. The molecule has 0 atom stereocenters. The predicted octanol–water partition coefficient (Wildman–Crippen LogP) is 2.36. The minimum atomic E-state index is -0.243. The van der Waals surface area contributed by atoms with Crippen LogP contribution in [0.1, 0.15) is 29.9 Å². The largest absolute Gasteiger partial charge is 0.373 e. The molecule has 142 valence electrons. The number of hydrogen-bond acceptors (Lipinski definition) is 5. The Balaban J connectivity index is 1.44. The summed E-state index contributed by atoms with van der Waals surface area (Å²) >= 11 is 0. The number of piperidine rings is 1. The molecule has 0 bridgehead atoms. The molecule has 1 aromatic carbocycles.